The minimum atomic E-state index is -0.625. The number of nitrogens with one attached hydrogen (secondary N) is 3. The van der Waals surface area contributed by atoms with Crippen LogP contribution in [0.1, 0.15) is 23.9 Å². The summed E-state index contributed by atoms with van der Waals surface area (Å²) in [5.41, 5.74) is 9.18. The van der Waals surface area contributed by atoms with Crippen LogP contribution in [0.4, 0.5) is 17.2 Å². The Bertz CT molecular complexity index is 1110. The van der Waals surface area contributed by atoms with E-state index < -0.39 is 5.91 Å². The average Bonchev–Trinajstić information content (AvgIpc) is 3.38. The molecule has 0 radical (unpaired) electrons. The second-order valence-corrected chi connectivity index (χ2v) is 6.23. The van der Waals surface area contributed by atoms with Crippen LogP contribution in [0, 0.1) is 0 Å². The number of anilines is 3. The Morgan fingerprint density at radius 1 is 1.25 bits per heavy atom. The van der Waals surface area contributed by atoms with Gasteiger partial charge in [-0.1, -0.05) is 6.92 Å². The average molecular weight is 378 g/mol. The third-order valence-electron chi connectivity index (χ3n) is 4.22. The number of hydrogen-bond donors (Lipinski definition) is 4. The van der Waals surface area contributed by atoms with Crippen molar-refractivity contribution in [2.45, 2.75) is 13.3 Å². The Morgan fingerprint density at radius 2 is 2.04 bits per heavy atom. The van der Waals surface area contributed by atoms with Crippen LogP contribution < -0.4 is 20.9 Å². The summed E-state index contributed by atoms with van der Waals surface area (Å²) in [5, 5.41) is 9.66. The van der Waals surface area contributed by atoms with Crippen LogP contribution in [0.2, 0.25) is 0 Å². The molecule has 0 aliphatic heterocycles. The van der Waals surface area contributed by atoms with E-state index in [1.54, 1.807) is 23.1 Å². The summed E-state index contributed by atoms with van der Waals surface area (Å²) in [5.74, 6) is 0.0559. The molecule has 0 saturated heterocycles. The number of amides is 1. The molecule has 142 valence electrons. The highest BCUT2D eigenvalue weighted by molar-refractivity contribution is 5.91. The molecule has 0 saturated carbocycles. The van der Waals surface area contributed by atoms with Crippen LogP contribution in [0.25, 0.3) is 16.9 Å². The van der Waals surface area contributed by atoms with E-state index in [1.165, 1.54) is 6.26 Å². The molecule has 4 aromatic rings. The molecule has 0 aliphatic rings. The summed E-state index contributed by atoms with van der Waals surface area (Å²) in [4.78, 5) is 20.1. The molecule has 0 unspecified atom stereocenters. The number of aromatic amines is 1. The highest BCUT2D eigenvalue weighted by Crippen LogP contribution is 2.23. The van der Waals surface area contributed by atoms with Crippen LogP contribution in [-0.2, 0) is 0 Å². The first-order valence-corrected chi connectivity index (χ1v) is 8.89. The summed E-state index contributed by atoms with van der Waals surface area (Å²) in [6.45, 7) is 3.06. The number of carbonyl (C=O) groups is 1. The number of nitrogens with two attached hydrogens (primary N) is 1. The Kier molecular flexibility index (Phi) is 4.63. The maximum Gasteiger partial charge on any atom is 0.392 e. The van der Waals surface area contributed by atoms with Crippen LogP contribution in [0.15, 0.2) is 53.5 Å². The fourth-order valence-electron chi connectivity index (χ4n) is 2.83. The summed E-state index contributed by atoms with van der Waals surface area (Å²) < 4.78 is 6.95. The van der Waals surface area contributed by atoms with Gasteiger partial charge in [0.2, 0.25) is 12.1 Å². The Balaban J connectivity index is 1.62. The maximum atomic E-state index is 11.3. The molecule has 4 rings (SSSR count). The van der Waals surface area contributed by atoms with Crippen molar-refractivity contribution in [3.8, 4) is 11.3 Å². The Morgan fingerprint density at radius 3 is 2.75 bits per heavy atom. The number of hydrogen-bond acceptors (Lipinski definition) is 6. The Hall–Kier alpha value is -3.88. The zero-order valence-electron chi connectivity index (χ0n) is 15.3. The molecule has 9 heteroatoms. The number of carbonyl (C=O) groups excluding carboxylic acids is 1. The quantitative estimate of drug-likeness (QED) is 0.366. The minimum absolute atomic E-state index is 0.0854. The topological polar surface area (TPSA) is 126 Å². The number of benzene rings is 1. The number of fused-ring (bicyclic) bond motifs is 1. The molecule has 28 heavy (non-hydrogen) atoms. The second-order valence-electron chi connectivity index (χ2n) is 6.23. The number of nitrogens with zero attached hydrogens (tertiary/aromatic N) is 3. The van der Waals surface area contributed by atoms with Crippen LogP contribution in [-0.4, -0.2) is 27.5 Å². The number of rotatable bonds is 7. The van der Waals surface area contributed by atoms with Gasteiger partial charge in [0.25, 0.3) is 5.91 Å². The van der Waals surface area contributed by atoms with Gasteiger partial charge in [-0.3, -0.25) is 4.79 Å². The monoisotopic (exact) mass is 378 g/mol. The second kappa shape index (κ2) is 7.39. The predicted molar refractivity (Wildman–Crippen MR) is 104 cm³/mol. The van der Waals surface area contributed by atoms with Crippen LogP contribution in [0.5, 0.6) is 0 Å². The molecule has 0 aliphatic carbocycles. The van der Waals surface area contributed by atoms with Gasteiger partial charge in [-0.2, -0.15) is 5.10 Å². The molecular formula is C19H20N7O2+. The molecular weight excluding hydrogens is 358 g/mol. The molecule has 0 spiro atoms. The lowest BCUT2D eigenvalue weighted by Crippen LogP contribution is -2.27. The lowest BCUT2D eigenvalue weighted by Gasteiger charge is -2.07. The van der Waals surface area contributed by atoms with Crippen molar-refractivity contribution in [2.75, 3.05) is 17.2 Å². The van der Waals surface area contributed by atoms with Crippen LogP contribution in [0.3, 0.4) is 0 Å². The molecule has 1 amide bonds. The first-order chi connectivity index (χ1) is 13.7. The lowest BCUT2D eigenvalue weighted by atomic mass is 10.2. The van der Waals surface area contributed by atoms with E-state index in [4.69, 9.17) is 10.2 Å². The van der Waals surface area contributed by atoms with E-state index in [1.807, 2.05) is 24.3 Å². The zero-order chi connectivity index (χ0) is 19.5. The predicted octanol–water partition coefficient (Wildman–Crippen LogP) is 2.47. The van der Waals surface area contributed by atoms with E-state index in [0.717, 1.165) is 24.3 Å². The highest BCUT2D eigenvalue weighted by atomic mass is 16.3. The zero-order valence-corrected chi connectivity index (χ0v) is 15.3. The van der Waals surface area contributed by atoms with Crippen molar-refractivity contribution < 1.29 is 13.7 Å². The maximum absolute atomic E-state index is 11.3. The van der Waals surface area contributed by atoms with Crippen molar-refractivity contribution in [1.82, 2.24) is 15.1 Å². The first-order valence-electron chi connectivity index (χ1n) is 8.89. The summed E-state index contributed by atoms with van der Waals surface area (Å²) >= 11 is 0. The van der Waals surface area contributed by atoms with Crippen molar-refractivity contribution in [2.24, 2.45) is 5.73 Å². The fraction of sp³-hybridized carbons (Fsp3) is 0.158. The number of H-pyrrole nitrogens is 1. The number of primary amides is 1. The molecule has 1 aromatic carbocycles. The van der Waals surface area contributed by atoms with E-state index in [-0.39, 0.29) is 5.76 Å². The Labute approximate surface area is 160 Å². The SMILES string of the molecule is CCCNc1ccc(Nc2ncc(-c3coc(C(N)=O)c3)[n+]3[nH]cnc23)cc1. The van der Waals surface area contributed by atoms with Gasteiger partial charge in [0.15, 0.2) is 11.5 Å². The van der Waals surface area contributed by atoms with Gasteiger partial charge < -0.3 is 20.8 Å². The normalized spacial score (nSPS) is 10.9. The standard InChI is InChI=1S/C19H19N7O2/c1-2-7-21-13-3-5-14(6-4-13)25-18-19-23-11-24-26(19)15(9-22-18)12-8-16(17(20)27)28-10-12/h3-6,8-11H,2,7H2,1H3,(H4,20,21,22,23,24,25,27)/p+1. The van der Waals surface area contributed by atoms with Gasteiger partial charge in [0, 0.05) is 24.0 Å². The van der Waals surface area contributed by atoms with Crippen LogP contribution >= 0.6 is 0 Å². The third-order valence-corrected chi connectivity index (χ3v) is 4.22. The highest BCUT2D eigenvalue weighted by Gasteiger charge is 2.21. The van der Waals surface area contributed by atoms with Gasteiger partial charge >= 0.3 is 5.65 Å². The molecule has 5 N–H and O–H groups in total. The van der Waals surface area contributed by atoms with E-state index in [9.17, 15) is 4.79 Å². The minimum Gasteiger partial charge on any atom is -0.458 e. The molecule has 0 bridgehead atoms. The van der Waals surface area contributed by atoms with Crippen molar-refractivity contribution in [1.29, 1.82) is 0 Å². The summed E-state index contributed by atoms with van der Waals surface area (Å²) in [6, 6.07) is 9.55. The number of furan rings is 1. The third kappa shape index (κ3) is 3.37. The number of aromatic nitrogens is 4. The largest absolute Gasteiger partial charge is 0.458 e. The van der Waals surface area contributed by atoms with Gasteiger partial charge in [0.1, 0.15) is 6.26 Å². The van der Waals surface area contributed by atoms with Gasteiger partial charge in [0.05, 0.1) is 11.8 Å². The van der Waals surface area contributed by atoms with Crippen molar-refractivity contribution in [3.63, 3.8) is 0 Å². The van der Waals surface area contributed by atoms with Gasteiger partial charge in [-0.05, 0) is 35.7 Å². The molecule has 0 fully saturated rings. The fourth-order valence-corrected chi connectivity index (χ4v) is 2.83. The summed E-state index contributed by atoms with van der Waals surface area (Å²) in [7, 11) is 0. The summed E-state index contributed by atoms with van der Waals surface area (Å²) in [6.07, 6.45) is 5.76. The van der Waals surface area contributed by atoms with Crippen molar-refractivity contribution >= 4 is 28.7 Å². The lowest BCUT2D eigenvalue weighted by molar-refractivity contribution is -0.565. The van der Waals surface area contributed by atoms with E-state index >= 15 is 0 Å². The molecule has 3 heterocycles. The molecule has 3 aromatic heterocycles. The van der Waals surface area contributed by atoms with E-state index in [0.29, 0.717) is 22.7 Å². The first kappa shape index (κ1) is 17.5. The molecule has 0 atom stereocenters. The molecule has 9 nitrogen and oxygen atoms in total. The van der Waals surface area contributed by atoms with Gasteiger partial charge in [-0.15, -0.1) is 4.52 Å². The van der Waals surface area contributed by atoms with Gasteiger partial charge in [-0.25, -0.2) is 4.98 Å². The van der Waals surface area contributed by atoms with E-state index in [2.05, 4.69) is 32.6 Å². The smallest absolute Gasteiger partial charge is 0.392 e. The van der Waals surface area contributed by atoms with Crippen molar-refractivity contribution in [3.05, 3.63) is 54.9 Å².